The Kier molecular flexibility index (Phi) is 5.37. The van der Waals surface area contributed by atoms with E-state index in [-0.39, 0.29) is 17.9 Å². The first-order chi connectivity index (χ1) is 7.03. The number of carboxylic acids is 1. The molecule has 7 heteroatoms. The van der Waals surface area contributed by atoms with Crippen molar-refractivity contribution in [2.45, 2.75) is 38.3 Å². The molecule has 2 atom stereocenters. The molecule has 0 aliphatic carbocycles. The maximum absolute atomic E-state index is 11.7. The lowest BCUT2D eigenvalue weighted by Gasteiger charge is -2.19. The highest BCUT2D eigenvalue weighted by molar-refractivity contribution is 7.92. The first kappa shape index (κ1) is 15.3. The SMILES string of the molecule is CC(C)(N)CCS(=N)(=O)CC[C@H](N)C(=O)O. The van der Waals surface area contributed by atoms with Crippen LogP contribution in [0.4, 0.5) is 0 Å². The van der Waals surface area contributed by atoms with Gasteiger partial charge >= 0.3 is 5.97 Å². The topological polar surface area (TPSA) is 130 Å². The van der Waals surface area contributed by atoms with Crippen molar-refractivity contribution in [3.05, 3.63) is 0 Å². The Morgan fingerprint density at radius 2 is 2.00 bits per heavy atom. The molecular weight excluding hydrogens is 230 g/mol. The normalized spacial score (nSPS) is 17.8. The molecule has 0 aromatic heterocycles. The number of aliphatic carboxylic acids is 1. The van der Waals surface area contributed by atoms with Crippen molar-refractivity contribution in [2.24, 2.45) is 11.5 Å². The molecule has 1 unspecified atom stereocenters. The molecule has 0 amide bonds. The van der Waals surface area contributed by atoms with Crippen LogP contribution in [-0.2, 0) is 14.5 Å². The summed E-state index contributed by atoms with van der Waals surface area (Å²) in [4.78, 5) is 10.4. The van der Waals surface area contributed by atoms with E-state index in [1.807, 2.05) is 0 Å². The highest BCUT2D eigenvalue weighted by Crippen LogP contribution is 2.08. The van der Waals surface area contributed by atoms with Crippen LogP contribution in [0.15, 0.2) is 0 Å². The molecule has 96 valence electrons. The number of carbonyl (C=O) groups is 1. The van der Waals surface area contributed by atoms with Crippen molar-refractivity contribution in [1.29, 1.82) is 4.78 Å². The summed E-state index contributed by atoms with van der Waals surface area (Å²) >= 11 is 0. The van der Waals surface area contributed by atoms with Gasteiger partial charge in [-0.2, -0.15) is 0 Å². The highest BCUT2D eigenvalue weighted by atomic mass is 32.2. The van der Waals surface area contributed by atoms with Crippen molar-refractivity contribution in [3.63, 3.8) is 0 Å². The lowest BCUT2D eigenvalue weighted by Crippen LogP contribution is -2.35. The van der Waals surface area contributed by atoms with Gasteiger partial charge in [-0.3, -0.25) is 9.57 Å². The Balaban J connectivity index is 4.12. The van der Waals surface area contributed by atoms with Crippen LogP contribution in [0.25, 0.3) is 0 Å². The van der Waals surface area contributed by atoms with E-state index in [0.717, 1.165) is 0 Å². The van der Waals surface area contributed by atoms with Crippen molar-refractivity contribution in [3.8, 4) is 0 Å². The second-order valence-electron chi connectivity index (χ2n) is 4.69. The van der Waals surface area contributed by atoms with Gasteiger partial charge in [0, 0.05) is 26.8 Å². The molecule has 0 fully saturated rings. The maximum Gasteiger partial charge on any atom is 0.320 e. The molecule has 0 aromatic carbocycles. The highest BCUT2D eigenvalue weighted by Gasteiger charge is 2.18. The minimum Gasteiger partial charge on any atom is -0.480 e. The number of hydrogen-bond donors (Lipinski definition) is 4. The second kappa shape index (κ2) is 5.60. The molecule has 0 bridgehead atoms. The predicted molar refractivity (Wildman–Crippen MR) is 63.7 cm³/mol. The zero-order valence-electron chi connectivity index (χ0n) is 9.73. The molecule has 0 aliphatic heterocycles. The first-order valence-corrected chi connectivity index (χ1v) is 6.94. The molecule has 0 aliphatic rings. The molecule has 6 nitrogen and oxygen atoms in total. The van der Waals surface area contributed by atoms with Gasteiger partial charge in [-0.25, -0.2) is 4.21 Å². The average Bonchev–Trinajstić information content (AvgIpc) is 2.10. The molecule has 0 radical (unpaired) electrons. The number of nitrogens with one attached hydrogen (secondary N) is 1. The van der Waals surface area contributed by atoms with Crippen LogP contribution in [0.5, 0.6) is 0 Å². The van der Waals surface area contributed by atoms with Crippen LogP contribution in [0, 0.1) is 4.78 Å². The Morgan fingerprint density at radius 3 is 2.38 bits per heavy atom. The zero-order valence-corrected chi connectivity index (χ0v) is 10.5. The fourth-order valence-electron chi connectivity index (χ4n) is 0.971. The molecule has 6 N–H and O–H groups in total. The summed E-state index contributed by atoms with van der Waals surface area (Å²) < 4.78 is 19.3. The number of hydrogen-bond acceptors (Lipinski definition) is 5. The molecule has 0 heterocycles. The fourth-order valence-corrected chi connectivity index (χ4v) is 2.67. The summed E-state index contributed by atoms with van der Waals surface area (Å²) in [7, 11) is -2.77. The quantitative estimate of drug-likeness (QED) is 0.504. The third-order valence-corrected chi connectivity index (χ3v) is 3.91. The summed E-state index contributed by atoms with van der Waals surface area (Å²) in [6, 6.07) is -1.04. The largest absolute Gasteiger partial charge is 0.480 e. The van der Waals surface area contributed by atoms with Crippen molar-refractivity contribution >= 4 is 15.7 Å². The molecule has 0 rings (SSSR count). The minimum absolute atomic E-state index is 0.0105. The first-order valence-electron chi connectivity index (χ1n) is 5.05. The maximum atomic E-state index is 11.7. The minimum atomic E-state index is -2.77. The molecule has 0 aromatic rings. The van der Waals surface area contributed by atoms with Crippen molar-refractivity contribution < 1.29 is 14.1 Å². The fraction of sp³-hybridized carbons (Fsp3) is 0.889. The number of rotatable bonds is 7. The van der Waals surface area contributed by atoms with Gasteiger partial charge in [-0.05, 0) is 26.7 Å². The van der Waals surface area contributed by atoms with Crippen LogP contribution in [0.1, 0.15) is 26.7 Å². The lowest BCUT2D eigenvalue weighted by atomic mass is 10.0. The summed E-state index contributed by atoms with van der Waals surface area (Å²) in [5.41, 5.74) is 10.5. The van der Waals surface area contributed by atoms with Gasteiger partial charge < -0.3 is 16.6 Å². The van der Waals surface area contributed by atoms with Gasteiger partial charge in [0.15, 0.2) is 0 Å². The molecule has 0 saturated carbocycles. The Bertz CT molecular complexity index is 332. The monoisotopic (exact) mass is 251 g/mol. The third kappa shape index (κ3) is 7.61. The standard InChI is InChI=1S/C9H21N3O3S/c1-9(2,11)4-6-16(12,15)5-3-7(10)8(13)14/h7,12H,3-6,10-11H2,1-2H3,(H,13,14)/t7-,16?/m0/s1. The van der Waals surface area contributed by atoms with Crippen LogP contribution in [0.2, 0.25) is 0 Å². The summed E-state index contributed by atoms with van der Waals surface area (Å²) in [6.45, 7) is 3.59. The van der Waals surface area contributed by atoms with Gasteiger partial charge in [-0.15, -0.1) is 0 Å². The van der Waals surface area contributed by atoms with Crippen molar-refractivity contribution in [1.82, 2.24) is 0 Å². The van der Waals surface area contributed by atoms with Gasteiger partial charge in [0.05, 0.1) is 0 Å². The molecule has 0 spiro atoms. The van der Waals surface area contributed by atoms with Gasteiger partial charge in [0.25, 0.3) is 0 Å². The van der Waals surface area contributed by atoms with Crippen LogP contribution < -0.4 is 11.5 Å². The number of nitrogens with two attached hydrogens (primary N) is 2. The van der Waals surface area contributed by atoms with E-state index in [1.54, 1.807) is 13.8 Å². The predicted octanol–water partition coefficient (Wildman–Crippen LogP) is -0.0374. The van der Waals surface area contributed by atoms with Crippen molar-refractivity contribution in [2.75, 3.05) is 11.5 Å². The van der Waals surface area contributed by atoms with E-state index in [1.165, 1.54) is 0 Å². The van der Waals surface area contributed by atoms with E-state index < -0.39 is 27.3 Å². The molecule has 0 saturated heterocycles. The zero-order chi connectivity index (χ0) is 13.0. The van der Waals surface area contributed by atoms with Gasteiger partial charge in [-0.1, -0.05) is 0 Å². The Morgan fingerprint density at radius 1 is 1.50 bits per heavy atom. The Labute approximate surface area is 96.4 Å². The van der Waals surface area contributed by atoms with E-state index in [4.69, 9.17) is 21.4 Å². The Hall–Kier alpha value is -0.660. The van der Waals surface area contributed by atoms with E-state index in [9.17, 15) is 9.00 Å². The van der Waals surface area contributed by atoms with Gasteiger partial charge in [0.1, 0.15) is 6.04 Å². The second-order valence-corrected chi connectivity index (χ2v) is 7.13. The lowest BCUT2D eigenvalue weighted by molar-refractivity contribution is -0.138. The summed E-state index contributed by atoms with van der Waals surface area (Å²) in [5.74, 6) is -0.936. The number of carboxylic acid groups (broad SMARTS) is 1. The van der Waals surface area contributed by atoms with E-state index in [2.05, 4.69) is 0 Å². The average molecular weight is 251 g/mol. The summed E-state index contributed by atoms with van der Waals surface area (Å²) in [6.07, 6.45) is 0.528. The van der Waals surface area contributed by atoms with E-state index >= 15 is 0 Å². The third-order valence-electron chi connectivity index (χ3n) is 2.15. The van der Waals surface area contributed by atoms with Crippen LogP contribution in [-0.4, -0.2) is 38.4 Å². The van der Waals surface area contributed by atoms with Crippen LogP contribution >= 0.6 is 0 Å². The van der Waals surface area contributed by atoms with Gasteiger partial charge in [0.2, 0.25) is 0 Å². The molecule has 16 heavy (non-hydrogen) atoms. The van der Waals surface area contributed by atoms with Crippen LogP contribution in [0.3, 0.4) is 0 Å². The summed E-state index contributed by atoms with van der Waals surface area (Å²) in [5, 5.41) is 8.54. The van der Waals surface area contributed by atoms with E-state index in [0.29, 0.717) is 6.42 Å². The smallest absolute Gasteiger partial charge is 0.320 e. The molecular formula is C9H21N3O3S.